The Hall–Kier alpha value is -3.33. The molecule has 0 aliphatic carbocycles. The van der Waals surface area contributed by atoms with Crippen LogP contribution in [0.3, 0.4) is 0 Å². The van der Waals surface area contributed by atoms with Gasteiger partial charge in [0.2, 0.25) is 0 Å². The first-order chi connectivity index (χ1) is 12.3. The molecule has 3 heteroatoms. The summed E-state index contributed by atoms with van der Waals surface area (Å²) in [6.07, 6.45) is 0.840. The minimum absolute atomic E-state index is 0.581. The monoisotopic (exact) mass is 328 g/mol. The van der Waals surface area contributed by atoms with Crippen molar-refractivity contribution in [1.29, 1.82) is 0 Å². The second-order valence-electron chi connectivity index (χ2n) is 5.73. The van der Waals surface area contributed by atoms with E-state index in [1.165, 1.54) is 0 Å². The normalized spacial score (nSPS) is 10.8. The summed E-state index contributed by atoms with van der Waals surface area (Å²) in [7, 11) is 1.60. The minimum atomic E-state index is 0.581. The Labute approximate surface area is 145 Å². The van der Waals surface area contributed by atoms with Gasteiger partial charge in [-0.2, -0.15) is 0 Å². The molecule has 0 aliphatic heterocycles. The van der Waals surface area contributed by atoms with Crippen LogP contribution in [0.4, 0.5) is 0 Å². The van der Waals surface area contributed by atoms with Crippen molar-refractivity contribution in [2.24, 2.45) is 0 Å². The zero-order valence-corrected chi connectivity index (χ0v) is 13.7. The molecule has 0 radical (unpaired) electrons. The highest BCUT2D eigenvalue weighted by molar-refractivity contribution is 6.04. The highest BCUT2D eigenvalue weighted by Gasteiger charge is 2.12. The molecule has 25 heavy (non-hydrogen) atoms. The summed E-state index contributed by atoms with van der Waals surface area (Å²) in [5.41, 5.74) is 0.581. The van der Waals surface area contributed by atoms with E-state index in [4.69, 9.17) is 9.47 Å². The predicted octanol–water partition coefficient (Wildman–Crippen LogP) is 5.61. The fraction of sp³-hybridized carbons (Fsp3) is 0.0455. The lowest BCUT2D eigenvalue weighted by atomic mass is 10.0. The third kappa shape index (κ3) is 2.60. The largest absolute Gasteiger partial charge is 0.496 e. The van der Waals surface area contributed by atoms with Crippen LogP contribution in [0, 0.1) is 0 Å². The van der Waals surface area contributed by atoms with Crippen molar-refractivity contribution in [3.8, 4) is 17.2 Å². The van der Waals surface area contributed by atoms with E-state index >= 15 is 0 Å². The molecule has 0 saturated heterocycles. The van der Waals surface area contributed by atoms with Crippen molar-refractivity contribution in [1.82, 2.24) is 0 Å². The summed E-state index contributed by atoms with van der Waals surface area (Å²) < 4.78 is 11.7. The van der Waals surface area contributed by atoms with Crippen LogP contribution in [0.25, 0.3) is 21.5 Å². The number of hydrogen-bond acceptors (Lipinski definition) is 3. The number of ether oxygens (including phenoxy) is 2. The minimum Gasteiger partial charge on any atom is -0.496 e. The molecule has 4 aromatic rings. The van der Waals surface area contributed by atoms with Gasteiger partial charge in [0.1, 0.15) is 17.2 Å². The van der Waals surface area contributed by atoms with E-state index in [2.05, 4.69) is 12.1 Å². The predicted molar refractivity (Wildman–Crippen MR) is 99.9 cm³/mol. The number of fused-ring (bicyclic) bond motifs is 2. The molecule has 0 bridgehead atoms. The summed E-state index contributed by atoms with van der Waals surface area (Å²) in [5, 5.41) is 3.77. The topological polar surface area (TPSA) is 35.5 Å². The fourth-order valence-electron chi connectivity index (χ4n) is 3.13. The Morgan fingerprint density at radius 3 is 2.24 bits per heavy atom. The molecule has 0 atom stereocenters. The van der Waals surface area contributed by atoms with Crippen molar-refractivity contribution < 1.29 is 14.3 Å². The van der Waals surface area contributed by atoms with Gasteiger partial charge in [-0.25, -0.2) is 0 Å². The van der Waals surface area contributed by atoms with E-state index in [-0.39, 0.29) is 0 Å². The second-order valence-corrected chi connectivity index (χ2v) is 5.73. The van der Waals surface area contributed by atoms with E-state index in [9.17, 15) is 4.79 Å². The molecule has 0 aliphatic rings. The van der Waals surface area contributed by atoms with E-state index in [1.54, 1.807) is 13.2 Å². The molecule has 0 unspecified atom stereocenters. The highest BCUT2D eigenvalue weighted by atomic mass is 16.5. The first-order valence-corrected chi connectivity index (χ1v) is 8.02. The van der Waals surface area contributed by atoms with Crippen molar-refractivity contribution in [2.45, 2.75) is 0 Å². The molecule has 0 fully saturated rings. The van der Waals surface area contributed by atoms with Crippen LogP contribution >= 0.6 is 0 Å². The zero-order valence-electron chi connectivity index (χ0n) is 13.7. The molecule has 0 N–H and O–H groups in total. The molecule has 0 amide bonds. The SMILES string of the molecule is COc1cccc2c(Oc3cccc4ccccc34)ccc(C=O)c12. The van der Waals surface area contributed by atoms with Crippen LogP contribution in [-0.4, -0.2) is 13.4 Å². The number of hydrogen-bond donors (Lipinski definition) is 0. The van der Waals surface area contributed by atoms with Gasteiger partial charge >= 0.3 is 0 Å². The molecule has 0 heterocycles. The Kier molecular flexibility index (Phi) is 3.82. The summed E-state index contributed by atoms with van der Waals surface area (Å²) in [4.78, 5) is 11.4. The molecule has 4 rings (SSSR count). The summed E-state index contributed by atoms with van der Waals surface area (Å²) >= 11 is 0. The zero-order chi connectivity index (χ0) is 17.2. The Morgan fingerprint density at radius 2 is 1.40 bits per heavy atom. The van der Waals surface area contributed by atoms with Crippen LogP contribution < -0.4 is 9.47 Å². The lowest BCUT2D eigenvalue weighted by Crippen LogP contribution is -1.93. The van der Waals surface area contributed by atoms with Gasteiger partial charge in [-0.15, -0.1) is 0 Å². The number of carbonyl (C=O) groups excluding carboxylic acids is 1. The van der Waals surface area contributed by atoms with Crippen molar-refractivity contribution >= 4 is 27.8 Å². The average molecular weight is 328 g/mol. The fourth-order valence-corrected chi connectivity index (χ4v) is 3.13. The molecule has 0 aromatic heterocycles. The summed E-state index contributed by atoms with van der Waals surface area (Å²) in [5.74, 6) is 2.12. The molecular formula is C22H16O3. The third-order valence-electron chi connectivity index (χ3n) is 4.31. The Bertz CT molecular complexity index is 1080. The van der Waals surface area contributed by atoms with Gasteiger partial charge in [-0.3, -0.25) is 4.79 Å². The van der Waals surface area contributed by atoms with Crippen LogP contribution in [0.5, 0.6) is 17.2 Å². The Balaban J connectivity index is 1.91. The van der Waals surface area contributed by atoms with Gasteiger partial charge in [0.05, 0.1) is 7.11 Å². The van der Waals surface area contributed by atoms with E-state index in [1.807, 2.05) is 54.6 Å². The van der Waals surface area contributed by atoms with Crippen molar-refractivity contribution in [2.75, 3.05) is 7.11 Å². The van der Waals surface area contributed by atoms with Gasteiger partial charge < -0.3 is 9.47 Å². The number of rotatable bonds is 4. The van der Waals surface area contributed by atoms with Gasteiger partial charge in [-0.1, -0.05) is 48.5 Å². The maximum absolute atomic E-state index is 11.4. The van der Waals surface area contributed by atoms with E-state index in [0.717, 1.165) is 33.6 Å². The smallest absolute Gasteiger partial charge is 0.150 e. The molecule has 0 saturated carbocycles. The van der Waals surface area contributed by atoms with Crippen LogP contribution in [0.15, 0.2) is 72.8 Å². The third-order valence-corrected chi connectivity index (χ3v) is 4.31. The average Bonchev–Trinajstić information content (AvgIpc) is 2.68. The molecule has 4 aromatic carbocycles. The lowest BCUT2D eigenvalue weighted by molar-refractivity contribution is 0.112. The molecular weight excluding hydrogens is 312 g/mol. The number of aldehydes is 1. The van der Waals surface area contributed by atoms with Crippen LogP contribution in [-0.2, 0) is 0 Å². The van der Waals surface area contributed by atoms with Crippen LogP contribution in [0.2, 0.25) is 0 Å². The highest BCUT2D eigenvalue weighted by Crippen LogP contribution is 2.38. The maximum atomic E-state index is 11.4. The first-order valence-electron chi connectivity index (χ1n) is 8.02. The quantitative estimate of drug-likeness (QED) is 0.457. The van der Waals surface area contributed by atoms with Crippen LogP contribution in [0.1, 0.15) is 10.4 Å². The number of carbonyl (C=O) groups is 1. The summed E-state index contributed by atoms with van der Waals surface area (Å²) in [6, 6.07) is 23.3. The summed E-state index contributed by atoms with van der Waals surface area (Å²) in [6.45, 7) is 0. The van der Waals surface area contributed by atoms with Gasteiger partial charge in [-0.05, 0) is 29.7 Å². The lowest BCUT2D eigenvalue weighted by Gasteiger charge is -2.14. The number of benzene rings is 4. The first kappa shape index (κ1) is 15.2. The molecule has 122 valence electrons. The van der Waals surface area contributed by atoms with Gasteiger partial charge in [0, 0.05) is 21.7 Å². The second kappa shape index (κ2) is 6.29. The Morgan fingerprint density at radius 1 is 0.720 bits per heavy atom. The molecule has 0 spiro atoms. The van der Waals surface area contributed by atoms with E-state index < -0.39 is 0 Å². The molecule has 3 nitrogen and oxygen atoms in total. The van der Waals surface area contributed by atoms with Gasteiger partial charge in [0.15, 0.2) is 6.29 Å². The van der Waals surface area contributed by atoms with Crippen molar-refractivity contribution in [3.63, 3.8) is 0 Å². The maximum Gasteiger partial charge on any atom is 0.150 e. The van der Waals surface area contributed by atoms with E-state index in [0.29, 0.717) is 17.1 Å². The standard InChI is InChI=1S/C22H16O3/c1-24-21-11-5-9-18-20(13-12-16(14-23)22(18)21)25-19-10-4-7-15-6-2-3-8-17(15)19/h2-14H,1H3. The number of methoxy groups -OCH3 is 1. The van der Waals surface area contributed by atoms with Gasteiger partial charge in [0.25, 0.3) is 0 Å². The van der Waals surface area contributed by atoms with Crippen molar-refractivity contribution in [3.05, 3.63) is 78.4 Å².